The van der Waals surface area contributed by atoms with Gasteiger partial charge in [0.25, 0.3) is 0 Å². The Hall–Kier alpha value is -1.89. The van der Waals surface area contributed by atoms with Crippen molar-refractivity contribution in [3.05, 3.63) is 59.7 Å². The van der Waals surface area contributed by atoms with Gasteiger partial charge < -0.3 is 15.2 Å². The summed E-state index contributed by atoms with van der Waals surface area (Å²) in [5, 5.41) is -0.601. The molecule has 1 aliphatic rings. The molecule has 140 valence electrons. The number of aryl methyl sites for hydroxylation is 1. The molecule has 0 aliphatic heterocycles. The van der Waals surface area contributed by atoms with E-state index in [1.54, 1.807) is 26.4 Å². The van der Waals surface area contributed by atoms with E-state index in [0.29, 0.717) is 11.5 Å². The Bertz CT molecular complexity index is 862. The predicted molar refractivity (Wildman–Crippen MR) is 101 cm³/mol. The van der Waals surface area contributed by atoms with E-state index < -0.39 is 20.5 Å². The van der Waals surface area contributed by atoms with Gasteiger partial charge in [0, 0.05) is 25.0 Å². The number of ether oxygens (including phenoxy) is 2. The van der Waals surface area contributed by atoms with Crippen molar-refractivity contribution in [3.8, 4) is 5.75 Å². The van der Waals surface area contributed by atoms with Gasteiger partial charge in [-0.25, -0.2) is 8.42 Å². The van der Waals surface area contributed by atoms with Crippen LogP contribution in [0.4, 0.5) is 0 Å². The molecule has 1 fully saturated rings. The standard InChI is InChI=1S/C20H25NO4S/c1-14-4-10-17(11-5-14)26(22,23)19-18(20(19,12-21)13-24-2)15-6-8-16(25-3)9-7-15/h4-11,18-19H,12-13,21H2,1-3H3/t18-,19-,20+/m0/s1. The summed E-state index contributed by atoms with van der Waals surface area (Å²) in [4.78, 5) is 0.332. The topological polar surface area (TPSA) is 78.6 Å². The second-order valence-electron chi connectivity index (χ2n) is 6.90. The summed E-state index contributed by atoms with van der Waals surface area (Å²) in [7, 11) is -0.346. The number of nitrogens with two attached hydrogens (primary N) is 1. The van der Waals surface area contributed by atoms with Crippen molar-refractivity contribution in [2.24, 2.45) is 11.1 Å². The van der Waals surface area contributed by atoms with Crippen LogP contribution in [0.5, 0.6) is 5.75 Å². The molecule has 5 nitrogen and oxygen atoms in total. The Labute approximate surface area is 155 Å². The minimum atomic E-state index is -3.53. The average Bonchev–Trinajstić information content (AvgIpc) is 3.32. The van der Waals surface area contributed by atoms with E-state index in [2.05, 4.69) is 0 Å². The summed E-state index contributed by atoms with van der Waals surface area (Å²) < 4.78 is 37.2. The summed E-state index contributed by atoms with van der Waals surface area (Å²) in [6.45, 7) is 2.48. The predicted octanol–water partition coefficient (Wildman–Crippen LogP) is 2.53. The number of hydrogen-bond acceptors (Lipinski definition) is 5. The highest BCUT2D eigenvalue weighted by molar-refractivity contribution is 7.92. The van der Waals surface area contributed by atoms with E-state index in [1.807, 2.05) is 43.3 Å². The third-order valence-electron chi connectivity index (χ3n) is 5.33. The maximum atomic E-state index is 13.3. The van der Waals surface area contributed by atoms with Gasteiger partial charge in [0.1, 0.15) is 5.75 Å². The first-order chi connectivity index (χ1) is 12.4. The lowest BCUT2D eigenvalue weighted by Crippen LogP contribution is -2.28. The van der Waals surface area contributed by atoms with Crippen LogP contribution in [0.3, 0.4) is 0 Å². The van der Waals surface area contributed by atoms with Crippen molar-refractivity contribution in [2.45, 2.75) is 23.0 Å². The number of benzene rings is 2. The van der Waals surface area contributed by atoms with Crippen molar-refractivity contribution < 1.29 is 17.9 Å². The van der Waals surface area contributed by atoms with Crippen molar-refractivity contribution in [3.63, 3.8) is 0 Å². The molecular weight excluding hydrogens is 350 g/mol. The van der Waals surface area contributed by atoms with Gasteiger partial charge in [-0.05, 0) is 36.8 Å². The van der Waals surface area contributed by atoms with Gasteiger partial charge in [-0.3, -0.25) is 0 Å². The van der Waals surface area contributed by atoms with Crippen LogP contribution in [0, 0.1) is 12.3 Å². The second-order valence-corrected chi connectivity index (χ2v) is 8.97. The quantitative estimate of drug-likeness (QED) is 0.805. The molecule has 3 atom stereocenters. The molecule has 1 aliphatic carbocycles. The summed E-state index contributed by atoms with van der Waals surface area (Å²) in [5.41, 5.74) is 7.40. The first-order valence-corrected chi connectivity index (χ1v) is 10.1. The van der Waals surface area contributed by atoms with Crippen LogP contribution in [0.15, 0.2) is 53.4 Å². The molecule has 0 bridgehead atoms. The molecular formula is C20H25NO4S. The summed E-state index contributed by atoms with van der Waals surface area (Å²) in [5.74, 6) is 0.530. The van der Waals surface area contributed by atoms with Gasteiger partial charge in [0.15, 0.2) is 9.84 Å². The molecule has 0 spiro atoms. The lowest BCUT2D eigenvalue weighted by atomic mass is 10.00. The average molecular weight is 375 g/mol. The van der Waals surface area contributed by atoms with Gasteiger partial charge in [-0.1, -0.05) is 29.8 Å². The molecule has 0 heterocycles. The second kappa shape index (κ2) is 7.02. The van der Waals surface area contributed by atoms with Crippen molar-refractivity contribution >= 4 is 9.84 Å². The van der Waals surface area contributed by atoms with Gasteiger partial charge in [0.2, 0.25) is 0 Å². The van der Waals surface area contributed by atoms with Crippen LogP contribution >= 0.6 is 0 Å². The number of rotatable bonds is 7. The summed E-state index contributed by atoms with van der Waals surface area (Å²) in [6.07, 6.45) is 0. The summed E-state index contributed by atoms with van der Waals surface area (Å²) in [6, 6.07) is 14.5. The molecule has 0 unspecified atom stereocenters. The minimum absolute atomic E-state index is 0.204. The van der Waals surface area contributed by atoms with Gasteiger partial charge in [-0.15, -0.1) is 0 Å². The fourth-order valence-corrected chi connectivity index (χ4v) is 6.32. The van der Waals surface area contributed by atoms with Gasteiger partial charge in [-0.2, -0.15) is 0 Å². The fraction of sp³-hybridized carbons (Fsp3) is 0.400. The fourth-order valence-electron chi connectivity index (χ4n) is 3.88. The SMILES string of the molecule is COC[C@]1(CN)[C@@H](c2ccc(OC)cc2)[C@@H]1S(=O)(=O)c1ccc(C)cc1. The number of sulfone groups is 1. The highest BCUT2D eigenvalue weighted by Crippen LogP contribution is 2.63. The lowest BCUT2D eigenvalue weighted by Gasteiger charge is -2.15. The smallest absolute Gasteiger partial charge is 0.182 e. The Morgan fingerprint density at radius 2 is 1.65 bits per heavy atom. The molecule has 2 aromatic rings. The van der Waals surface area contributed by atoms with Crippen molar-refractivity contribution in [1.82, 2.24) is 0 Å². The zero-order chi connectivity index (χ0) is 18.9. The monoisotopic (exact) mass is 375 g/mol. The van der Waals surface area contributed by atoms with Crippen LogP contribution in [-0.4, -0.2) is 41.0 Å². The van der Waals surface area contributed by atoms with Crippen molar-refractivity contribution in [2.75, 3.05) is 27.4 Å². The zero-order valence-corrected chi connectivity index (χ0v) is 16.1. The molecule has 0 amide bonds. The Morgan fingerprint density at radius 1 is 1.04 bits per heavy atom. The first-order valence-electron chi connectivity index (χ1n) is 8.54. The van der Waals surface area contributed by atoms with Crippen LogP contribution in [0.2, 0.25) is 0 Å². The Morgan fingerprint density at radius 3 is 2.15 bits per heavy atom. The molecule has 0 aromatic heterocycles. The summed E-state index contributed by atoms with van der Waals surface area (Å²) >= 11 is 0. The third kappa shape index (κ3) is 3.02. The Balaban J connectivity index is 2.03. The van der Waals surface area contributed by atoms with E-state index in [9.17, 15) is 8.42 Å². The van der Waals surface area contributed by atoms with Crippen molar-refractivity contribution in [1.29, 1.82) is 0 Å². The zero-order valence-electron chi connectivity index (χ0n) is 15.3. The van der Waals surface area contributed by atoms with Gasteiger partial charge >= 0.3 is 0 Å². The third-order valence-corrected chi connectivity index (χ3v) is 7.67. The van der Waals surface area contributed by atoms with Crippen LogP contribution in [-0.2, 0) is 14.6 Å². The van der Waals surface area contributed by atoms with E-state index in [1.165, 1.54) is 0 Å². The van der Waals surface area contributed by atoms with Crippen LogP contribution < -0.4 is 10.5 Å². The van der Waals surface area contributed by atoms with E-state index in [4.69, 9.17) is 15.2 Å². The lowest BCUT2D eigenvalue weighted by molar-refractivity contribution is 0.142. The van der Waals surface area contributed by atoms with Gasteiger partial charge in [0.05, 0.1) is 23.9 Å². The van der Waals surface area contributed by atoms with Crippen LogP contribution in [0.25, 0.3) is 0 Å². The molecule has 0 radical (unpaired) electrons. The highest BCUT2D eigenvalue weighted by Gasteiger charge is 2.70. The van der Waals surface area contributed by atoms with Crippen LogP contribution in [0.1, 0.15) is 17.0 Å². The molecule has 6 heteroatoms. The Kier molecular flexibility index (Phi) is 5.10. The number of methoxy groups -OCH3 is 2. The molecule has 2 aromatic carbocycles. The highest BCUT2D eigenvalue weighted by atomic mass is 32.2. The molecule has 3 rings (SSSR count). The van der Waals surface area contributed by atoms with E-state index >= 15 is 0 Å². The maximum Gasteiger partial charge on any atom is 0.182 e. The largest absolute Gasteiger partial charge is 0.497 e. The number of hydrogen-bond donors (Lipinski definition) is 1. The van der Waals surface area contributed by atoms with E-state index in [0.717, 1.165) is 16.9 Å². The molecule has 2 N–H and O–H groups in total. The minimum Gasteiger partial charge on any atom is -0.497 e. The normalized spacial score (nSPS) is 25.1. The maximum absolute atomic E-state index is 13.3. The molecule has 1 saturated carbocycles. The van der Waals surface area contributed by atoms with E-state index in [-0.39, 0.29) is 12.5 Å². The molecule has 0 saturated heterocycles. The first kappa shape index (κ1) is 18.9. The molecule has 26 heavy (non-hydrogen) atoms.